The van der Waals surface area contributed by atoms with Crippen LogP contribution in [0.5, 0.6) is 5.75 Å². The fourth-order valence-corrected chi connectivity index (χ4v) is 3.22. The Kier molecular flexibility index (Phi) is 5.78. The van der Waals surface area contributed by atoms with Gasteiger partial charge >= 0.3 is 0 Å². The maximum absolute atomic E-state index is 12.6. The molecule has 0 fully saturated rings. The topological polar surface area (TPSA) is 58.6 Å². The fraction of sp³-hybridized carbons (Fsp3) is 0.300. The average molecular weight is 373 g/mol. The van der Waals surface area contributed by atoms with Crippen LogP contribution >= 0.6 is 11.6 Å². The molecule has 6 heteroatoms. The second-order valence-electron chi connectivity index (χ2n) is 6.13. The molecule has 0 spiro atoms. The Morgan fingerprint density at radius 3 is 2.85 bits per heavy atom. The van der Waals surface area contributed by atoms with E-state index >= 15 is 0 Å². The first-order valence-electron chi connectivity index (χ1n) is 8.65. The summed E-state index contributed by atoms with van der Waals surface area (Å²) in [4.78, 5) is 26.5. The number of benzene rings is 2. The lowest BCUT2D eigenvalue weighted by atomic mass is 10.0. The molecule has 2 amide bonds. The van der Waals surface area contributed by atoms with Gasteiger partial charge in [0.25, 0.3) is 0 Å². The van der Waals surface area contributed by atoms with Crippen LogP contribution in [0, 0.1) is 0 Å². The van der Waals surface area contributed by atoms with Crippen LogP contribution in [0.3, 0.4) is 0 Å². The predicted octanol–water partition coefficient (Wildman–Crippen LogP) is 3.72. The van der Waals surface area contributed by atoms with Crippen molar-refractivity contribution >= 4 is 29.1 Å². The van der Waals surface area contributed by atoms with Gasteiger partial charge < -0.3 is 10.1 Å². The first kappa shape index (κ1) is 18.3. The number of anilines is 1. The Balaban J connectivity index is 1.75. The molecular weight excluding hydrogens is 352 g/mol. The molecule has 3 rings (SSSR count). The number of rotatable bonds is 5. The molecule has 0 aromatic heterocycles. The van der Waals surface area contributed by atoms with Gasteiger partial charge in [0.2, 0.25) is 11.8 Å². The van der Waals surface area contributed by atoms with E-state index in [4.69, 9.17) is 16.3 Å². The minimum atomic E-state index is -0.220. The zero-order valence-electron chi connectivity index (χ0n) is 14.6. The highest BCUT2D eigenvalue weighted by atomic mass is 35.5. The van der Waals surface area contributed by atoms with Gasteiger partial charge in [-0.2, -0.15) is 0 Å². The lowest BCUT2D eigenvalue weighted by Crippen LogP contribution is -2.41. The summed E-state index contributed by atoms with van der Waals surface area (Å²) in [6.45, 7) is 2.26. The molecular formula is C20H21ClN2O3. The van der Waals surface area contributed by atoms with Crippen LogP contribution in [0.1, 0.15) is 31.4 Å². The van der Waals surface area contributed by atoms with E-state index in [2.05, 4.69) is 5.32 Å². The number of hydrogen-bond donors (Lipinski definition) is 1. The predicted molar refractivity (Wildman–Crippen MR) is 102 cm³/mol. The number of carbonyl (C=O) groups is 2. The summed E-state index contributed by atoms with van der Waals surface area (Å²) in [7, 11) is 0. The Morgan fingerprint density at radius 2 is 2.08 bits per heavy atom. The molecule has 0 saturated carbocycles. The van der Waals surface area contributed by atoms with E-state index in [9.17, 15) is 9.59 Å². The summed E-state index contributed by atoms with van der Waals surface area (Å²) < 4.78 is 5.61. The molecule has 136 valence electrons. The van der Waals surface area contributed by atoms with Gasteiger partial charge in [0.1, 0.15) is 12.3 Å². The lowest BCUT2D eigenvalue weighted by Gasteiger charge is -2.23. The largest absolute Gasteiger partial charge is 0.491 e. The Bertz CT molecular complexity index is 809. The van der Waals surface area contributed by atoms with Crippen molar-refractivity contribution in [2.24, 2.45) is 0 Å². The van der Waals surface area contributed by atoms with Crippen LogP contribution in [-0.4, -0.2) is 25.0 Å². The summed E-state index contributed by atoms with van der Waals surface area (Å²) in [5, 5.41) is 3.63. The van der Waals surface area contributed by atoms with Gasteiger partial charge in [-0.25, -0.2) is 0 Å². The van der Waals surface area contributed by atoms with Crippen LogP contribution in [0.2, 0.25) is 5.02 Å². The zero-order valence-corrected chi connectivity index (χ0v) is 15.3. The number of halogens is 1. The quantitative estimate of drug-likeness (QED) is 0.870. The van der Waals surface area contributed by atoms with E-state index in [1.807, 2.05) is 37.3 Å². The van der Waals surface area contributed by atoms with E-state index in [0.29, 0.717) is 23.1 Å². The Morgan fingerprint density at radius 1 is 1.27 bits per heavy atom. The first-order chi connectivity index (χ1) is 12.6. The Labute approximate surface area is 157 Å². The van der Waals surface area contributed by atoms with Gasteiger partial charge in [0.15, 0.2) is 0 Å². The second kappa shape index (κ2) is 8.23. The molecule has 1 aliphatic heterocycles. The van der Waals surface area contributed by atoms with Gasteiger partial charge in [0, 0.05) is 5.02 Å². The molecule has 0 bridgehead atoms. The summed E-state index contributed by atoms with van der Waals surface area (Å²) in [5.74, 6) is 0.274. The van der Waals surface area contributed by atoms with Gasteiger partial charge in [-0.3, -0.25) is 14.5 Å². The highest BCUT2D eigenvalue weighted by Crippen LogP contribution is 2.30. The third-order valence-corrected chi connectivity index (χ3v) is 4.56. The van der Waals surface area contributed by atoms with Crippen molar-refractivity contribution < 1.29 is 14.3 Å². The second-order valence-corrected chi connectivity index (χ2v) is 6.57. The van der Waals surface area contributed by atoms with Crippen molar-refractivity contribution in [2.45, 2.75) is 25.8 Å². The molecule has 26 heavy (non-hydrogen) atoms. The monoisotopic (exact) mass is 372 g/mol. The van der Waals surface area contributed by atoms with Crippen molar-refractivity contribution in [3.63, 3.8) is 0 Å². The van der Waals surface area contributed by atoms with E-state index in [-0.39, 0.29) is 30.8 Å². The van der Waals surface area contributed by atoms with E-state index < -0.39 is 0 Å². The highest BCUT2D eigenvalue weighted by Gasteiger charge is 2.25. The molecule has 2 aromatic carbocycles. The molecule has 0 unspecified atom stereocenters. The maximum atomic E-state index is 12.6. The summed E-state index contributed by atoms with van der Waals surface area (Å²) in [5.41, 5.74) is 1.57. The number of nitrogens with zero attached hydrogens (tertiary/aromatic N) is 1. The molecule has 0 saturated heterocycles. The van der Waals surface area contributed by atoms with Gasteiger partial charge in [-0.1, -0.05) is 42.8 Å². The van der Waals surface area contributed by atoms with Crippen LogP contribution < -0.4 is 15.0 Å². The number of ether oxygens (including phenoxy) is 1. The number of hydrogen-bond acceptors (Lipinski definition) is 3. The number of nitrogens with one attached hydrogen (secondary N) is 1. The van der Waals surface area contributed by atoms with Crippen molar-refractivity contribution in [3.05, 3.63) is 59.1 Å². The maximum Gasteiger partial charge on any atom is 0.240 e. The molecule has 0 radical (unpaired) electrons. The van der Waals surface area contributed by atoms with Crippen LogP contribution in [-0.2, 0) is 9.59 Å². The minimum Gasteiger partial charge on any atom is -0.491 e. The third kappa shape index (κ3) is 4.17. The minimum absolute atomic E-state index is 0.0454. The molecule has 1 atom stereocenters. The molecule has 1 aliphatic rings. The summed E-state index contributed by atoms with van der Waals surface area (Å²) in [6, 6.07) is 14.5. The van der Waals surface area contributed by atoms with E-state index in [1.165, 1.54) is 4.90 Å². The third-order valence-electron chi connectivity index (χ3n) is 4.33. The van der Waals surface area contributed by atoms with Crippen molar-refractivity contribution in [2.75, 3.05) is 18.1 Å². The molecule has 5 nitrogen and oxygen atoms in total. The van der Waals surface area contributed by atoms with Gasteiger partial charge in [0.05, 0.1) is 24.8 Å². The first-order valence-corrected chi connectivity index (χ1v) is 9.03. The molecule has 0 aliphatic carbocycles. The fourth-order valence-electron chi connectivity index (χ4n) is 3.02. The summed E-state index contributed by atoms with van der Waals surface area (Å²) in [6.07, 6.45) is 0.965. The van der Waals surface area contributed by atoms with Crippen LogP contribution in [0.15, 0.2) is 48.5 Å². The smallest absolute Gasteiger partial charge is 0.240 e. The van der Waals surface area contributed by atoms with Crippen LogP contribution in [0.25, 0.3) is 0 Å². The molecule has 2 aromatic rings. The SMILES string of the molecule is CC[C@@H](NC(=O)CN1C(=O)CCOc2ccccc21)c1cccc(Cl)c1. The van der Waals surface area contributed by atoms with E-state index in [1.54, 1.807) is 18.2 Å². The lowest BCUT2D eigenvalue weighted by molar-refractivity contribution is -0.124. The average Bonchev–Trinajstić information content (AvgIpc) is 2.79. The van der Waals surface area contributed by atoms with E-state index in [0.717, 1.165) is 12.0 Å². The Hall–Kier alpha value is -2.53. The molecule has 1 heterocycles. The zero-order chi connectivity index (χ0) is 18.5. The normalized spacial score (nSPS) is 14.8. The van der Waals surface area contributed by atoms with Crippen LogP contribution in [0.4, 0.5) is 5.69 Å². The molecule has 1 N–H and O–H groups in total. The van der Waals surface area contributed by atoms with Gasteiger partial charge in [-0.15, -0.1) is 0 Å². The van der Waals surface area contributed by atoms with Crippen molar-refractivity contribution in [1.29, 1.82) is 0 Å². The highest BCUT2D eigenvalue weighted by molar-refractivity contribution is 6.30. The number of carbonyl (C=O) groups excluding carboxylic acids is 2. The number of fused-ring (bicyclic) bond motifs is 1. The van der Waals surface area contributed by atoms with Crippen molar-refractivity contribution in [1.82, 2.24) is 5.32 Å². The van der Waals surface area contributed by atoms with Crippen molar-refractivity contribution in [3.8, 4) is 5.75 Å². The standard InChI is InChI=1S/C20H21ClN2O3/c1-2-16(14-6-5-7-15(21)12-14)22-19(24)13-23-17-8-3-4-9-18(17)26-11-10-20(23)25/h3-9,12,16H,2,10-11,13H2,1H3,(H,22,24)/t16-/m1/s1. The summed E-state index contributed by atoms with van der Waals surface area (Å²) >= 11 is 6.05. The van der Waals surface area contributed by atoms with Gasteiger partial charge in [-0.05, 0) is 36.2 Å². The number of amides is 2. The number of para-hydroxylation sites is 2.